The molecule has 0 aliphatic carbocycles. The maximum absolute atomic E-state index is 11.5. The first kappa shape index (κ1) is 15.1. The van der Waals surface area contributed by atoms with E-state index in [9.17, 15) is 13.2 Å². The summed E-state index contributed by atoms with van der Waals surface area (Å²) in [6.07, 6.45) is 3.26. The summed E-state index contributed by atoms with van der Waals surface area (Å²) in [6.45, 7) is 0.887. The Balaban J connectivity index is 2.46. The molecule has 1 rings (SSSR count). The molecular formula is C9H15BrN4O3S. The quantitative estimate of drug-likeness (QED) is 0.706. The molecule has 0 fully saturated rings. The Morgan fingerprint density at radius 2 is 2.11 bits per heavy atom. The topological polar surface area (TPSA) is 93.1 Å². The molecule has 7 nitrogen and oxygen atoms in total. The van der Waals surface area contributed by atoms with E-state index in [0.717, 1.165) is 6.26 Å². The van der Waals surface area contributed by atoms with Crippen molar-refractivity contribution in [2.45, 2.75) is 6.42 Å². The van der Waals surface area contributed by atoms with Crippen LogP contribution in [0.15, 0.2) is 15.5 Å². The van der Waals surface area contributed by atoms with E-state index in [0.29, 0.717) is 29.7 Å². The maximum atomic E-state index is 11.5. The van der Waals surface area contributed by atoms with Crippen LogP contribution >= 0.6 is 15.9 Å². The van der Waals surface area contributed by atoms with Gasteiger partial charge >= 0.3 is 0 Å². The van der Waals surface area contributed by atoms with Crippen molar-refractivity contribution in [2.24, 2.45) is 7.05 Å². The van der Waals surface area contributed by atoms with Gasteiger partial charge in [0.25, 0.3) is 5.56 Å². The van der Waals surface area contributed by atoms with Crippen LogP contribution in [0.3, 0.4) is 0 Å². The molecule has 0 bridgehead atoms. The van der Waals surface area contributed by atoms with Crippen molar-refractivity contribution in [3.63, 3.8) is 0 Å². The standard InChI is InChI=1S/C9H15BrN4O3S/c1-14-9(15)8(10)7(6-12-14)11-4-3-5-13-18(2,16)17/h6,11,13H,3-5H2,1-2H3. The smallest absolute Gasteiger partial charge is 0.282 e. The van der Waals surface area contributed by atoms with Gasteiger partial charge in [0.05, 0.1) is 18.1 Å². The number of rotatable bonds is 6. The van der Waals surface area contributed by atoms with E-state index >= 15 is 0 Å². The minimum Gasteiger partial charge on any atom is -0.383 e. The van der Waals surface area contributed by atoms with Gasteiger partial charge in [-0.05, 0) is 22.4 Å². The molecule has 2 N–H and O–H groups in total. The monoisotopic (exact) mass is 338 g/mol. The van der Waals surface area contributed by atoms with Gasteiger partial charge in [-0.1, -0.05) is 0 Å². The molecule has 0 aliphatic heterocycles. The second-order valence-electron chi connectivity index (χ2n) is 3.75. The molecule has 0 atom stereocenters. The third-order valence-corrected chi connectivity index (χ3v) is 3.61. The lowest BCUT2D eigenvalue weighted by molar-refractivity contribution is 0.586. The van der Waals surface area contributed by atoms with Gasteiger partial charge in [0, 0.05) is 20.1 Å². The highest BCUT2D eigenvalue weighted by Crippen LogP contribution is 2.15. The molecule has 0 aromatic carbocycles. The van der Waals surface area contributed by atoms with Crippen molar-refractivity contribution < 1.29 is 8.42 Å². The number of hydrogen-bond donors (Lipinski definition) is 2. The van der Waals surface area contributed by atoms with E-state index < -0.39 is 10.0 Å². The lowest BCUT2D eigenvalue weighted by atomic mass is 10.4. The fourth-order valence-electron chi connectivity index (χ4n) is 1.20. The second-order valence-corrected chi connectivity index (χ2v) is 6.37. The first-order valence-electron chi connectivity index (χ1n) is 5.21. The number of halogens is 1. The zero-order valence-corrected chi connectivity index (χ0v) is 12.5. The van der Waals surface area contributed by atoms with Crippen molar-refractivity contribution in [2.75, 3.05) is 24.7 Å². The van der Waals surface area contributed by atoms with Gasteiger partial charge in [0.15, 0.2) is 0 Å². The number of hydrogen-bond acceptors (Lipinski definition) is 5. The largest absolute Gasteiger partial charge is 0.383 e. The Morgan fingerprint density at radius 1 is 1.44 bits per heavy atom. The number of anilines is 1. The number of sulfonamides is 1. The highest BCUT2D eigenvalue weighted by atomic mass is 79.9. The summed E-state index contributed by atoms with van der Waals surface area (Å²) in [7, 11) is -1.58. The van der Waals surface area contributed by atoms with Gasteiger partial charge in [-0.15, -0.1) is 0 Å². The number of aryl methyl sites for hydroxylation is 1. The third kappa shape index (κ3) is 4.75. The molecule has 1 heterocycles. The highest BCUT2D eigenvalue weighted by molar-refractivity contribution is 9.10. The maximum Gasteiger partial charge on any atom is 0.282 e. The van der Waals surface area contributed by atoms with Crippen LogP contribution in [0, 0.1) is 0 Å². The molecule has 0 aliphatic rings. The summed E-state index contributed by atoms with van der Waals surface area (Å²) < 4.78 is 25.6. The van der Waals surface area contributed by atoms with Crippen molar-refractivity contribution in [3.05, 3.63) is 21.0 Å². The molecular weight excluding hydrogens is 324 g/mol. The van der Waals surface area contributed by atoms with E-state index in [1.165, 1.54) is 10.9 Å². The molecule has 0 unspecified atom stereocenters. The summed E-state index contributed by atoms with van der Waals surface area (Å²) >= 11 is 3.18. The van der Waals surface area contributed by atoms with E-state index in [-0.39, 0.29) is 5.56 Å². The summed E-state index contributed by atoms with van der Waals surface area (Å²) in [5.41, 5.74) is 0.367. The zero-order chi connectivity index (χ0) is 13.8. The summed E-state index contributed by atoms with van der Waals surface area (Å²) in [5, 5.41) is 6.89. The average Bonchev–Trinajstić information content (AvgIpc) is 2.27. The first-order chi connectivity index (χ1) is 8.31. The van der Waals surface area contributed by atoms with E-state index in [1.807, 2.05) is 0 Å². The molecule has 1 aromatic heterocycles. The van der Waals surface area contributed by atoms with Crippen LogP contribution in [0.1, 0.15) is 6.42 Å². The van der Waals surface area contributed by atoms with E-state index in [1.54, 1.807) is 7.05 Å². The van der Waals surface area contributed by atoms with Gasteiger partial charge in [-0.2, -0.15) is 5.10 Å². The Labute approximate surface area is 114 Å². The van der Waals surface area contributed by atoms with Crippen LogP contribution in [0.5, 0.6) is 0 Å². The van der Waals surface area contributed by atoms with Gasteiger partial charge in [-0.25, -0.2) is 17.8 Å². The average molecular weight is 339 g/mol. The van der Waals surface area contributed by atoms with Gasteiger partial charge in [0.2, 0.25) is 10.0 Å². The molecule has 0 spiro atoms. The van der Waals surface area contributed by atoms with Crippen LogP contribution in [-0.2, 0) is 17.1 Å². The van der Waals surface area contributed by atoms with Crippen molar-refractivity contribution in [1.82, 2.24) is 14.5 Å². The van der Waals surface area contributed by atoms with Crippen LogP contribution in [-0.4, -0.2) is 37.5 Å². The lowest BCUT2D eigenvalue weighted by Gasteiger charge is -2.08. The molecule has 0 saturated carbocycles. The summed E-state index contributed by atoms with van der Waals surface area (Å²) in [5.74, 6) is 0. The number of nitrogens with one attached hydrogen (secondary N) is 2. The number of nitrogens with zero attached hydrogens (tertiary/aromatic N) is 2. The minimum absolute atomic E-state index is 0.228. The van der Waals surface area contributed by atoms with Crippen LogP contribution in [0.2, 0.25) is 0 Å². The van der Waals surface area contributed by atoms with Crippen LogP contribution in [0.4, 0.5) is 5.69 Å². The number of aromatic nitrogens is 2. The van der Waals surface area contributed by atoms with Gasteiger partial charge in [0.1, 0.15) is 4.47 Å². The normalized spacial score (nSPS) is 11.5. The zero-order valence-electron chi connectivity index (χ0n) is 10.1. The minimum atomic E-state index is -3.14. The molecule has 9 heteroatoms. The Bertz CT molecular complexity index is 570. The van der Waals surface area contributed by atoms with E-state index in [4.69, 9.17) is 0 Å². The van der Waals surface area contributed by atoms with E-state index in [2.05, 4.69) is 31.1 Å². The van der Waals surface area contributed by atoms with Crippen LogP contribution < -0.4 is 15.6 Å². The lowest BCUT2D eigenvalue weighted by Crippen LogP contribution is -2.25. The van der Waals surface area contributed by atoms with Gasteiger partial charge in [-0.3, -0.25) is 4.79 Å². The molecule has 0 saturated heterocycles. The Hall–Kier alpha value is -0.930. The fraction of sp³-hybridized carbons (Fsp3) is 0.556. The predicted molar refractivity (Wildman–Crippen MR) is 73.1 cm³/mol. The molecule has 0 radical (unpaired) electrons. The summed E-state index contributed by atoms with van der Waals surface area (Å²) in [6, 6.07) is 0. The molecule has 18 heavy (non-hydrogen) atoms. The predicted octanol–water partition coefficient (Wildman–Crippen LogP) is -0.106. The highest BCUT2D eigenvalue weighted by Gasteiger charge is 2.06. The molecule has 1 aromatic rings. The van der Waals surface area contributed by atoms with Crippen molar-refractivity contribution in [3.8, 4) is 0 Å². The Morgan fingerprint density at radius 3 is 2.72 bits per heavy atom. The summed E-state index contributed by atoms with van der Waals surface area (Å²) in [4.78, 5) is 11.5. The van der Waals surface area contributed by atoms with Crippen LogP contribution in [0.25, 0.3) is 0 Å². The van der Waals surface area contributed by atoms with Crippen molar-refractivity contribution in [1.29, 1.82) is 0 Å². The molecule has 102 valence electrons. The fourth-order valence-corrected chi connectivity index (χ4v) is 2.22. The Kier molecular flexibility index (Phi) is 5.29. The third-order valence-electron chi connectivity index (χ3n) is 2.11. The second kappa shape index (κ2) is 6.30. The van der Waals surface area contributed by atoms with Crippen molar-refractivity contribution >= 4 is 31.6 Å². The SMILES string of the molecule is Cn1ncc(NCCCNS(C)(=O)=O)c(Br)c1=O. The van der Waals surface area contributed by atoms with Gasteiger partial charge < -0.3 is 5.32 Å². The first-order valence-corrected chi connectivity index (χ1v) is 7.90. The molecule has 0 amide bonds.